The number of hydrogen-bond acceptors (Lipinski definition) is 2. The van der Waals surface area contributed by atoms with E-state index in [4.69, 9.17) is 15.4 Å². The van der Waals surface area contributed by atoms with E-state index >= 15 is 0 Å². The van der Waals surface area contributed by atoms with Gasteiger partial charge in [-0.15, -0.1) is 0 Å². The first-order chi connectivity index (χ1) is 7.84. The van der Waals surface area contributed by atoms with Gasteiger partial charge in [-0.05, 0) is 0 Å². The predicted molar refractivity (Wildman–Crippen MR) is 69.0 cm³/mol. The molecule has 4 heteroatoms. The van der Waals surface area contributed by atoms with E-state index in [1.807, 2.05) is 6.07 Å². The van der Waals surface area contributed by atoms with Crippen LogP contribution in [0, 0.1) is 3.38 Å². The van der Waals surface area contributed by atoms with Crippen LogP contribution < -0.4 is 5.22 Å². The molecule has 0 radical (unpaired) electrons. The summed E-state index contributed by atoms with van der Waals surface area (Å²) in [6, 6.07) is 12.5. The standard InChI is InChI=1S/C12H9ClOSSe/c13-11-10-6-7-15-12(10)16(14-11)8-9-4-2-1-3-5-9/h1-7H,8H2. The third-order valence-corrected chi connectivity index (χ3v) is 8.48. The third-order valence-electron chi connectivity index (χ3n) is 2.36. The van der Waals surface area contributed by atoms with E-state index in [1.54, 1.807) is 11.3 Å². The van der Waals surface area contributed by atoms with Gasteiger partial charge in [-0.3, -0.25) is 0 Å². The molecular weight excluding hydrogens is 307 g/mol. The summed E-state index contributed by atoms with van der Waals surface area (Å²) >= 11 is 6.63. The Morgan fingerprint density at radius 3 is 2.81 bits per heavy atom. The molecule has 1 aromatic carbocycles. The van der Waals surface area contributed by atoms with E-state index < -0.39 is 13.8 Å². The zero-order valence-corrected chi connectivity index (χ0v) is 11.6. The number of rotatable bonds is 2. The van der Waals surface area contributed by atoms with Gasteiger partial charge in [0.25, 0.3) is 0 Å². The molecule has 3 rings (SSSR count). The van der Waals surface area contributed by atoms with Gasteiger partial charge < -0.3 is 0 Å². The molecule has 1 aromatic heterocycles. The minimum absolute atomic E-state index is 0.595. The van der Waals surface area contributed by atoms with E-state index in [1.165, 1.54) is 8.94 Å². The van der Waals surface area contributed by atoms with Crippen molar-refractivity contribution in [3.8, 4) is 0 Å². The van der Waals surface area contributed by atoms with Crippen LogP contribution in [0.4, 0.5) is 0 Å². The molecule has 0 saturated heterocycles. The number of thiophene rings is 1. The summed E-state index contributed by atoms with van der Waals surface area (Å²) < 4.78 is 7.16. The topological polar surface area (TPSA) is 9.23 Å². The van der Waals surface area contributed by atoms with Crippen LogP contribution in [0.2, 0.25) is 0 Å². The fourth-order valence-electron chi connectivity index (χ4n) is 1.61. The summed E-state index contributed by atoms with van der Waals surface area (Å²) in [5.74, 6) is 0. The normalized spacial score (nSPS) is 18.3. The predicted octanol–water partition coefficient (Wildman–Crippen LogP) is 2.69. The molecule has 0 amide bonds. The van der Waals surface area contributed by atoms with Gasteiger partial charge in [0.1, 0.15) is 0 Å². The first kappa shape index (κ1) is 10.5. The molecule has 1 aliphatic heterocycles. The Morgan fingerprint density at radius 1 is 1.19 bits per heavy atom. The van der Waals surface area contributed by atoms with Crippen molar-refractivity contribution in [2.75, 3.05) is 0 Å². The second kappa shape index (κ2) is 4.34. The van der Waals surface area contributed by atoms with E-state index in [0.29, 0.717) is 5.22 Å². The second-order valence-electron chi connectivity index (χ2n) is 3.45. The van der Waals surface area contributed by atoms with Crippen molar-refractivity contribution in [1.82, 2.24) is 0 Å². The second-order valence-corrected chi connectivity index (χ2v) is 8.56. The maximum atomic E-state index is 6.08. The Balaban J connectivity index is 2.04. The van der Waals surface area contributed by atoms with Crippen LogP contribution in [0.25, 0.3) is 5.22 Å². The summed E-state index contributed by atoms with van der Waals surface area (Å²) in [6.45, 7) is 0. The Hall–Kier alpha value is -0.601. The summed E-state index contributed by atoms with van der Waals surface area (Å²) in [5, 5.41) is 4.81. The molecule has 82 valence electrons. The minimum atomic E-state index is -1.22. The number of benzene rings is 1. The molecule has 16 heavy (non-hydrogen) atoms. The van der Waals surface area contributed by atoms with Gasteiger partial charge in [0.05, 0.1) is 0 Å². The Morgan fingerprint density at radius 2 is 2.00 bits per heavy atom. The Kier molecular flexibility index (Phi) is 2.86. The molecule has 0 fully saturated rings. The van der Waals surface area contributed by atoms with Crippen molar-refractivity contribution in [1.29, 1.82) is 0 Å². The van der Waals surface area contributed by atoms with Crippen molar-refractivity contribution in [2.24, 2.45) is 0 Å². The molecule has 2 heterocycles. The molecular formula is C12H9ClOSSe. The van der Waals surface area contributed by atoms with Crippen LogP contribution in [-0.4, -0.2) is 13.8 Å². The van der Waals surface area contributed by atoms with Crippen LogP contribution in [0.1, 0.15) is 5.56 Å². The van der Waals surface area contributed by atoms with Gasteiger partial charge in [-0.1, -0.05) is 0 Å². The maximum absolute atomic E-state index is 6.08. The third kappa shape index (κ3) is 1.85. The van der Waals surface area contributed by atoms with Gasteiger partial charge >= 0.3 is 107 Å². The molecule has 1 nitrogen and oxygen atoms in total. The van der Waals surface area contributed by atoms with Crippen molar-refractivity contribution in [2.45, 2.75) is 5.32 Å². The summed E-state index contributed by atoms with van der Waals surface area (Å²) in [5.41, 5.74) is 1.33. The van der Waals surface area contributed by atoms with Gasteiger partial charge in [0.2, 0.25) is 0 Å². The first-order valence-corrected chi connectivity index (χ1v) is 8.90. The molecule has 0 aliphatic carbocycles. The molecule has 0 bridgehead atoms. The monoisotopic (exact) mass is 316 g/mol. The number of hydrogen-bond donors (Lipinski definition) is 0. The van der Waals surface area contributed by atoms with Gasteiger partial charge in [0, 0.05) is 0 Å². The number of fused-ring (bicyclic) bond motifs is 1. The molecule has 1 unspecified atom stereocenters. The van der Waals surface area contributed by atoms with Crippen molar-refractivity contribution in [3.05, 3.63) is 55.9 Å². The van der Waals surface area contributed by atoms with Crippen molar-refractivity contribution < 1.29 is 3.82 Å². The van der Waals surface area contributed by atoms with Crippen LogP contribution in [-0.2, 0) is 9.14 Å². The first-order valence-electron chi connectivity index (χ1n) is 4.88. The van der Waals surface area contributed by atoms with E-state index in [0.717, 1.165) is 10.5 Å². The summed E-state index contributed by atoms with van der Waals surface area (Å²) in [6.07, 6.45) is 0. The molecule has 0 saturated carbocycles. The van der Waals surface area contributed by atoms with Gasteiger partial charge in [0.15, 0.2) is 0 Å². The van der Waals surface area contributed by atoms with Crippen LogP contribution in [0.15, 0.2) is 41.8 Å². The van der Waals surface area contributed by atoms with Crippen LogP contribution in [0.3, 0.4) is 0 Å². The fourth-order valence-corrected chi connectivity index (χ4v) is 7.58. The number of halogens is 1. The van der Waals surface area contributed by atoms with E-state index in [-0.39, 0.29) is 0 Å². The average Bonchev–Trinajstić information content (AvgIpc) is 2.87. The summed E-state index contributed by atoms with van der Waals surface area (Å²) in [4.78, 5) is 0. The zero-order chi connectivity index (χ0) is 11.0. The Bertz CT molecular complexity index is 633. The Labute approximate surface area is 107 Å². The van der Waals surface area contributed by atoms with Gasteiger partial charge in [-0.2, -0.15) is 0 Å². The fraction of sp³-hybridized carbons (Fsp3) is 0.0833. The molecule has 1 aliphatic rings. The molecule has 1 atom stereocenters. The van der Waals surface area contributed by atoms with Crippen LogP contribution in [0.5, 0.6) is 0 Å². The molecule has 0 spiro atoms. The van der Waals surface area contributed by atoms with Crippen molar-refractivity contribution in [3.63, 3.8) is 0 Å². The molecule has 2 aromatic rings. The average molecular weight is 316 g/mol. The van der Waals surface area contributed by atoms with Gasteiger partial charge in [-0.25, -0.2) is 0 Å². The SMILES string of the molecule is ClC1=c2ccsc2=[Se](Cc2ccccc2)O1. The van der Waals surface area contributed by atoms with E-state index in [9.17, 15) is 0 Å². The summed E-state index contributed by atoms with van der Waals surface area (Å²) in [7, 11) is 0. The quantitative estimate of drug-likeness (QED) is 0.774. The van der Waals surface area contributed by atoms with Crippen LogP contribution >= 0.6 is 22.9 Å². The zero-order valence-electron chi connectivity index (χ0n) is 8.35. The van der Waals surface area contributed by atoms with Crippen molar-refractivity contribution >= 4 is 41.9 Å². The van der Waals surface area contributed by atoms with E-state index in [2.05, 4.69) is 35.7 Å². The molecule has 0 N–H and O–H groups in total.